The Morgan fingerprint density at radius 2 is 0.941 bits per heavy atom. The summed E-state index contributed by atoms with van der Waals surface area (Å²) in [4.78, 5) is 34.9. The van der Waals surface area contributed by atoms with Gasteiger partial charge in [-0.15, -0.1) is 0 Å². The minimum Gasteiger partial charge on any atom is -0.462 e. The number of aliphatic hydroxyl groups excluding tert-OH is 2. The Hall–Kier alpha value is -1.03. The van der Waals surface area contributed by atoms with Crippen molar-refractivity contribution in [1.29, 1.82) is 0 Å². The van der Waals surface area contributed by atoms with Crippen LogP contribution >= 0.6 is 7.82 Å². The second-order valence-electron chi connectivity index (χ2n) is 14.9. The van der Waals surface area contributed by atoms with Crippen molar-refractivity contribution in [2.24, 2.45) is 11.8 Å². The Kier molecular flexibility index (Phi) is 34.0. The van der Waals surface area contributed by atoms with Crippen LogP contribution in [0, 0.1) is 11.8 Å². The van der Waals surface area contributed by atoms with Gasteiger partial charge in [-0.1, -0.05) is 169 Å². The molecule has 0 aromatic carbocycles. The highest BCUT2D eigenvalue weighted by atomic mass is 31.2. The van der Waals surface area contributed by atoms with Gasteiger partial charge >= 0.3 is 19.8 Å². The second-order valence-corrected chi connectivity index (χ2v) is 16.3. The van der Waals surface area contributed by atoms with Crippen LogP contribution in [0.25, 0.3) is 0 Å². The summed E-state index contributed by atoms with van der Waals surface area (Å²) < 4.78 is 32.6. The van der Waals surface area contributed by atoms with Crippen LogP contribution in [0.4, 0.5) is 0 Å². The number of aliphatic hydroxyl groups is 2. The molecule has 3 N–H and O–H groups in total. The summed E-state index contributed by atoms with van der Waals surface area (Å²) in [5.74, 6) is 0.730. The molecule has 51 heavy (non-hydrogen) atoms. The monoisotopic (exact) mass is 751 g/mol. The second kappa shape index (κ2) is 34.7. The molecule has 0 radical (unpaired) electrons. The van der Waals surface area contributed by atoms with E-state index in [2.05, 4.69) is 32.2 Å². The Labute approximate surface area is 312 Å². The van der Waals surface area contributed by atoms with Gasteiger partial charge in [-0.05, 0) is 24.7 Å². The molecular weight excluding hydrogens is 671 g/mol. The van der Waals surface area contributed by atoms with Crippen molar-refractivity contribution in [3.05, 3.63) is 0 Å². The van der Waals surface area contributed by atoms with E-state index in [1.807, 2.05) is 0 Å². The third kappa shape index (κ3) is 34.5. The molecule has 0 saturated heterocycles. The zero-order valence-corrected chi connectivity index (χ0v) is 34.1. The number of phosphoric ester groups is 1. The fraction of sp³-hybridized carbons (Fsp3) is 0.950. The van der Waals surface area contributed by atoms with E-state index < -0.39 is 51.8 Å². The molecule has 0 spiro atoms. The zero-order valence-electron chi connectivity index (χ0n) is 33.2. The predicted molar refractivity (Wildman–Crippen MR) is 205 cm³/mol. The molecular formula is C40H79O10P. The van der Waals surface area contributed by atoms with Gasteiger partial charge in [-0.3, -0.25) is 18.6 Å². The normalized spacial score (nSPS) is 15.2. The maximum atomic E-state index is 12.6. The van der Waals surface area contributed by atoms with E-state index in [1.165, 1.54) is 103 Å². The highest BCUT2D eigenvalue weighted by molar-refractivity contribution is 7.47. The first-order chi connectivity index (χ1) is 24.5. The summed E-state index contributed by atoms with van der Waals surface area (Å²) in [7, 11) is -4.61. The average molecular weight is 751 g/mol. The fourth-order valence-corrected chi connectivity index (χ4v) is 6.62. The molecule has 0 rings (SSSR count). The number of ether oxygens (including phenoxy) is 2. The van der Waals surface area contributed by atoms with Gasteiger partial charge in [0.05, 0.1) is 19.8 Å². The smallest absolute Gasteiger partial charge is 0.462 e. The van der Waals surface area contributed by atoms with E-state index in [0.717, 1.165) is 50.4 Å². The molecule has 0 saturated carbocycles. The van der Waals surface area contributed by atoms with Crippen molar-refractivity contribution in [2.45, 2.75) is 207 Å². The van der Waals surface area contributed by atoms with Crippen LogP contribution in [0.5, 0.6) is 0 Å². The van der Waals surface area contributed by atoms with Crippen molar-refractivity contribution in [3.63, 3.8) is 0 Å². The fourth-order valence-electron chi connectivity index (χ4n) is 5.83. The first-order valence-corrected chi connectivity index (χ1v) is 22.3. The number of phosphoric acid groups is 1. The number of rotatable bonds is 38. The topological polar surface area (TPSA) is 149 Å². The number of hydrogen-bond donors (Lipinski definition) is 3. The summed E-state index contributed by atoms with van der Waals surface area (Å²) in [6.45, 7) is 7.04. The quantitative estimate of drug-likeness (QED) is 0.0316. The van der Waals surface area contributed by atoms with Crippen LogP contribution in [0.1, 0.15) is 195 Å². The molecule has 0 aliphatic rings. The number of carbonyl (C=O) groups excluding carboxylic acids is 2. The molecule has 5 atom stereocenters. The molecule has 0 bridgehead atoms. The molecule has 0 heterocycles. The standard InChI is InChI=1S/C40H79O10P/c1-5-35(3)27-23-19-15-13-11-9-7-8-10-12-14-16-22-26-30-40(44)50-38(34-49-51(45,46)48-32-37(42)31-41)33-47-39(43)29-25-21-18-17-20-24-28-36(4)6-2/h35-38,41-42H,5-34H2,1-4H3,(H,45,46)/t35?,36?,37-,38+/m0/s1. The SMILES string of the molecule is CCC(C)CCCCCCCCCCCCCCCCC(=O)O[C@H](COC(=O)CCCCCCCCC(C)CC)COP(=O)(O)OC[C@@H](O)CO. The lowest BCUT2D eigenvalue weighted by Crippen LogP contribution is -2.29. The first kappa shape index (κ1) is 50.0. The lowest BCUT2D eigenvalue weighted by atomic mass is 9.99. The van der Waals surface area contributed by atoms with E-state index >= 15 is 0 Å². The van der Waals surface area contributed by atoms with Crippen LogP contribution in [-0.2, 0) is 32.7 Å². The molecule has 304 valence electrons. The molecule has 0 aromatic rings. The van der Waals surface area contributed by atoms with Crippen LogP contribution in [0.15, 0.2) is 0 Å². The summed E-state index contributed by atoms with van der Waals surface area (Å²) >= 11 is 0. The van der Waals surface area contributed by atoms with E-state index in [9.17, 15) is 24.2 Å². The molecule has 0 aliphatic carbocycles. The highest BCUT2D eigenvalue weighted by Crippen LogP contribution is 2.43. The molecule has 0 fully saturated rings. The molecule has 0 aliphatic heterocycles. The van der Waals surface area contributed by atoms with Gasteiger partial charge in [-0.2, -0.15) is 0 Å². The van der Waals surface area contributed by atoms with Gasteiger partial charge in [0.25, 0.3) is 0 Å². The molecule has 10 nitrogen and oxygen atoms in total. The summed E-state index contributed by atoms with van der Waals surface area (Å²) in [6, 6.07) is 0. The minimum atomic E-state index is -4.61. The van der Waals surface area contributed by atoms with E-state index in [-0.39, 0.29) is 19.4 Å². The van der Waals surface area contributed by atoms with Crippen molar-refractivity contribution >= 4 is 19.8 Å². The van der Waals surface area contributed by atoms with Gasteiger partial charge < -0.3 is 24.6 Å². The van der Waals surface area contributed by atoms with E-state index in [0.29, 0.717) is 12.8 Å². The number of esters is 2. The third-order valence-corrected chi connectivity index (χ3v) is 10.8. The lowest BCUT2D eigenvalue weighted by Gasteiger charge is -2.20. The van der Waals surface area contributed by atoms with Crippen molar-refractivity contribution in [3.8, 4) is 0 Å². The molecule has 0 amide bonds. The Balaban J connectivity index is 4.26. The van der Waals surface area contributed by atoms with Crippen molar-refractivity contribution < 1.29 is 47.8 Å². The lowest BCUT2D eigenvalue weighted by molar-refractivity contribution is -0.161. The summed E-state index contributed by atoms with van der Waals surface area (Å²) in [5, 5.41) is 18.3. The van der Waals surface area contributed by atoms with Gasteiger partial charge in [0, 0.05) is 12.8 Å². The largest absolute Gasteiger partial charge is 0.472 e. The maximum Gasteiger partial charge on any atom is 0.472 e. The maximum absolute atomic E-state index is 12.6. The van der Waals surface area contributed by atoms with Gasteiger partial charge in [0.2, 0.25) is 0 Å². The van der Waals surface area contributed by atoms with Crippen LogP contribution in [-0.4, -0.2) is 65.7 Å². The van der Waals surface area contributed by atoms with E-state index in [4.69, 9.17) is 19.1 Å². The number of hydrogen-bond acceptors (Lipinski definition) is 9. The van der Waals surface area contributed by atoms with Crippen molar-refractivity contribution in [1.82, 2.24) is 0 Å². The van der Waals surface area contributed by atoms with Crippen molar-refractivity contribution in [2.75, 3.05) is 26.4 Å². The van der Waals surface area contributed by atoms with Gasteiger partial charge in [0.1, 0.15) is 12.7 Å². The molecule has 3 unspecified atom stereocenters. The van der Waals surface area contributed by atoms with E-state index in [1.54, 1.807) is 0 Å². The minimum absolute atomic E-state index is 0.190. The first-order valence-electron chi connectivity index (χ1n) is 20.8. The summed E-state index contributed by atoms with van der Waals surface area (Å²) in [5.41, 5.74) is 0. The number of carbonyl (C=O) groups is 2. The third-order valence-electron chi connectivity index (χ3n) is 9.84. The highest BCUT2D eigenvalue weighted by Gasteiger charge is 2.27. The Morgan fingerprint density at radius 1 is 0.569 bits per heavy atom. The van der Waals surface area contributed by atoms with Gasteiger partial charge in [0.15, 0.2) is 6.10 Å². The van der Waals surface area contributed by atoms with Crippen LogP contribution in [0.2, 0.25) is 0 Å². The predicted octanol–water partition coefficient (Wildman–Crippen LogP) is 10.4. The van der Waals surface area contributed by atoms with Crippen LogP contribution < -0.4 is 0 Å². The Bertz CT molecular complexity index is 857. The Morgan fingerprint density at radius 3 is 1.35 bits per heavy atom. The van der Waals surface area contributed by atoms with Gasteiger partial charge in [-0.25, -0.2) is 4.57 Å². The zero-order chi connectivity index (χ0) is 38.0. The number of unbranched alkanes of at least 4 members (excludes halogenated alkanes) is 18. The summed E-state index contributed by atoms with van der Waals surface area (Å²) in [6.07, 6.45) is 26.5. The molecule has 11 heteroatoms. The van der Waals surface area contributed by atoms with Crippen LogP contribution in [0.3, 0.4) is 0 Å². The molecule has 0 aromatic heterocycles. The average Bonchev–Trinajstić information content (AvgIpc) is 3.12.